The topological polar surface area (TPSA) is 60.7 Å². The summed E-state index contributed by atoms with van der Waals surface area (Å²) in [5.41, 5.74) is 5.42. The van der Waals surface area contributed by atoms with Gasteiger partial charge in [-0.05, 0) is 61.9 Å². The molecule has 1 N–H and O–H groups in total. The molecule has 1 aromatic heterocycles. The summed E-state index contributed by atoms with van der Waals surface area (Å²) in [6.07, 6.45) is 8.11. The van der Waals surface area contributed by atoms with E-state index in [2.05, 4.69) is 18.3 Å². The van der Waals surface area contributed by atoms with Crippen LogP contribution in [0.25, 0.3) is 27.7 Å². The predicted molar refractivity (Wildman–Crippen MR) is 133 cm³/mol. The molecule has 4 rings (SSSR count). The van der Waals surface area contributed by atoms with Crippen LogP contribution in [0.4, 0.5) is 0 Å². The fraction of sp³-hybridized carbons (Fsp3) is 0.393. The van der Waals surface area contributed by atoms with Gasteiger partial charge in [0.1, 0.15) is 17.1 Å². The Morgan fingerprint density at radius 2 is 1.94 bits per heavy atom. The van der Waals surface area contributed by atoms with Crippen LogP contribution in [0.3, 0.4) is 0 Å². The van der Waals surface area contributed by atoms with Gasteiger partial charge in [0.2, 0.25) is 5.91 Å². The van der Waals surface area contributed by atoms with Crippen molar-refractivity contribution in [2.75, 3.05) is 14.2 Å². The number of amides is 1. The molecule has 0 radical (unpaired) electrons. The van der Waals surface area contributed by atoms with Crippen LogP contribution in [0.1, 0.15) is 50.7 Å². The van der Waals surface area contributed by atoms with Crippen LogP contribution in [0, 0.1) is 12.8 Å². The van der Waals surface area contributed by atoms with Crippen LogP contribution in [-0.4, -0.2) is 26.2 Å². The summed E-state index contributed by atoms with van der Waals surface area (Å²) in [4.78, 5) is 12.8. The molecule has 1 heterocycles. The van der Waals surface area contributed by atoms with Gasteiger partial charge in [-0.25, -0.2) is 0 Å². The number of hydrogen-bond donors (Lipinski definition) is 1. The second-order valence-corrected chi connectivity index (χ2v) is 9.04. The van der Waals surface area contributed by atoms with Crippen molar-refractivity contribution in [3.8, 4) is 22.6 Å². The van der Waals surface area contributed by atoms with Gasteiger partial charge in [-0.1, -0.05) is 31.9 Å². The Balaban J connectivity index is 1.73. The van der Waals surface area contributed by atoms with Crippen LogP contribution in [-0.2, 0) is 4.79 Å². The van der Waals surface area contributed by atoms with Crippen LogP contribution < -0.4 is 14.8 Å². The van der Waals surface area contributed by atoms with Crippen molar-refractivity contribution in [1.29, 1.82) is 0 Å². The van der Waals surface area contributed by atoms with Crippen molar-refractivity contribution >= 4 is 22.4 Å². The lowest BCUT2D eigenvalue weighted by Gasteiger charge is -2.29. The van der Waals surface area contributed by atoms with Gasteiger partial charge in [0.15, 0.2) is 0 Å². The zero-order chi connectivity index (χ0) is 23.5. The summed E-state index contributed by atoms with van der Waals surface area (Å²) in [5, 5.41) is 4.19. The van der Waals surface area contributed by atoms with Gasteiger partial charge < -0.3 is 19.2 Å². The quantitative estimate of drug-likeness (QED) is 0.437. The van der Waals surface area contributed by atoms with Gasteiger partial charge in [0, 0.05) is 34.2 Å². The van der Waals surface area contributed by atoms with Gasteiger partial charge in [-0.3, -0.25) is 4.79 Å². The minimum Gasteiger partial charge on any atom is -0.497 e. The summed E-state index contributed by atoms with van der Waals surface area (Å²) >= 11 is 0. The van der Waals surface area contributed by atoms with E-state index in [9.17, 15) is 4.79 Å². The van der Waals surface area contributed by atoms with Gasteiger partial charge in [0.05, 0.1) is 20.5 Å². The Morgan fingerprint density at radius 3 is 2.67 bits per heavy atom. The molecule has 1 saturated carbocycles. The van der Waals surface area contributed by atoms with Gasteiger partial charge in [-0.15, -0.1) is 0 Å². The lowest BCUT2D eigenvalue weighted by atomic mass is 9.86. The summed E-state index contributed by atoms with van der Waals surface area (Å²) < 4.78 is 17.1. The molecule has 33 heavy (non-hydrogen) atoms. The Labute approximate surface area is 195 Å². The van der Waals surface area contributed by atoms with Crippen molar-refractivity contribution in [1.82, 2.24) is 5.32 Å². The first-order valence-corrected chi connectivity index (χ1v) is 11.6. The number of rotatable bonds is 6. The maximum Gasteiger partial charge on any atom is 0.244 e. The number of methoxy groups -OCH3 is 2. The van der Waals surface area contributed by atoms with E-state index in [-0.39, 0.29) is 11.9 Å². The number of carbonyl (C=O) groups is 1. The number of allylic oxidation sites excluding steroid dienone is 1. The number of furan rings is 1. The summed E-state index contributed by atoms with van der Waals surface area (Å²) in [7, 11) is 3.31. The molecule has 5 heteroatoms. The molecule has 1 amide bonds. The molecule has 0 aliphatic heterocycles. The number of carbonyl (C=O) groups excluding carboxylic acids is 1. The summed E-state index contributed by atoms with van der Waals surface area (Å²) in [6, 6.07) is 10.2. The molecule has 0 saturated heterocycles. The highest BCUT2D eigenvalue weighted by molar-refractivity contribution is 6.01. The minimum atomic E-state index is -0.0498. The van der Waals surface area contributed by atoms with Crippen molar-refractivity contribution < 1.29 is 18.7 Å². The SMILES string of the molecule is COc1cccc(-c2coc3c(C)c(OC)c(/C(C)=C/C(=O)NC4CCCCC4C)cc23)c1. The smallest absolute Gasteiger partial charge is 0.244 e. The first kappa shape index (κ1) is 23.0. The van der Waals surface area contributed by atoms with E-state index >= 15 is 0 Å². The standard InChI is InChI=1S/C28H33NO4/c1-17-9-6-7-12-25(17)29-26(30)13-18(2)22-15-23-24(20-10-8-11-21(14-20)31-4)16-33-28(23)19(3)27(22)32-5/h8,10-11,13-17,25H,6-7,9,12H2,1-5H3,(H,29,30)/b18-13+. The second kappa shape index (κ2) is 9.74. The summed E-state index contributed by atoms with van der Waals surface area (Å²) in [6.45, 7) is 6.17. The molecular weight excluding hydrogens is 414 g/mol. The number of ether oxygens (including phenoxy) is 2. The van der Waals surface area contributed by atoms with Crippen LogP contribution >= 0.6 is 0 Å². The van der Waals surface area contributed by atoms with Crippen molar-refractivity contribution in [2.45, 2.75) is 52.5 Å². The third kappa shape index (κ3) is 4.63. The van der Waals surface area contributed by atoms with E-state index in [1.807, 2.05) is 38.1 Å². The maximum atomic E-state index is 12.8. The van der Waals surface area contributed by atoms with E-state index in [0.29, 0.717) is 5.92 Å². The molecule has 1 fully saturated rings. The molecule has 5 nitrogen and oxygen atoms in total. The normalized spacial score (nSPS) is 18.9. The minimum absolute atomic E-state index is 0.0498. The van der Waals surface area contributed by atoms with Crippen molar-refractivity contribution in [3.63, 3.8) is 0 Å². The lowest BCUT2D eigenvalue weighted by Crippen LogP contribution is -2.40. The molecule has 1 aliphatic rings. The number of nitrogens with one attached hydrogen (secondary N) is 1. The van der Waals surface area contributed by atoms with E-state index in [1.54, 1.807) is 26.6 Å². The second-order valence-electron chi connectivity index (χ2n) is 9.04. The molecule has 2 atom stereocenters. The molecule has 0 bridgehead atoms. The van der Waals surface area contributed by atoms with Gasteiger partial charge in [-0.2, -0.15) is 0 Å². The third-order valence-corrected chi connectivity index (χ3v) is 6.84. The van der Waals surface area contributed by atoms with Gasteiger partial charge >= 0.3 is 0 Å². The number of hydrogen-bond acceptors (Lipinski definition) is 4. The fourth-order valence-corrected chi connectivity index (χ4v) is 4.92. The zero-order valence-electron chi connectivity index (χ0n) is 20.2. The Bertz CT molecular complexity index is 1190. The molecule has 174 valence electrons. The first-order chi connectivity index (χ1) is 15.9. The molecular formula is C28H33NO4. The largest absolute Gasteiger partial charge is 0.497 e. The predicted octanol–water partition coefficient (Wildman–Crippen LogP) is 6.52. The summed E-state index contributed by atoms with van der Waals surface area (Å²) in [5.74, 6) is 1.98. The molecule has 0 spiro atoms. The number of aryl methyl sites for hydroxylation is 1. The van der Waals surface area contributed by atoms with E-state index < -0.39 is 0 Å². The van der Waals surface area contributed by atoms with E-state index in [0.717, 1.165) is 56.7 Å². The average Bonchev–Trinajstić information content (AvgIpc) is 3.25. The maximum absolute atomic E-state index is 12.8. The highest BCUT2D eigenvalue weighted by Gasteiger charge is 2.23. The van der Waals surface area contributed by atoms with Crippen LogP contribution in [0.15, 0.2) is 47.1 Å². The fourth-order valence-electron chi connectivity index (χ4n) is 4.92. The first-order valence-electron chi connectivity index (χ1n) is 11.6. The molecule has 2 aromatic carbocycles. The van der Waals surface area contributed by atoms with Crippen molar-refractivity contribution in [2.24, 2.45) is 5.92 Å². The van der Waals surface area contributed by atoms with E-state index in [4.69, 9.17) is 13.9 Å². The highest BCUT2D eigenvalue weighted by Crippen LogP contribution is 2.41. The molecule has 1 aliphatic carbocycles. The average molecular weight is 448 g/mol. The molecule has 2 unspecified atom stereocenters. The molecule has 3 aromatic rings. The highest BCUT2D eigenvalue weighted by atomic mass is 16.5. The number of benzene rings is 2. The van der Waals surface area contributed by atoms with E-state index in [1.165, 1.54) is 19.3 Å². The van der Waals surface area contributed by atoms with Crippen LogP contribution in [0.5, 0.6) is 11.5 Å². The third-order valence-electron chi connectivity index (χ3n) is 6.84. The number of fused-ring (bicyclic) bond motifs is 1. The van der Waals surface area contributed by atoms with Crippen molar-refractivity contribution in [3.05, 3.63) is 53.8 Å². The lowest BCUT2D eigenvalue weighted by molar-refractivity contribution is -0.117. The Morgan fingerprint density at radius 1 is 1.15 bits per heavy atom. The van der Waals surface area contributed by atoms with Crippen LogP contribution in [0.2, 0.25) is 0 Å². The monoisotopic (exact) mass is 447 g/mol. The van der Waals surface area contributed by atoms with Gasteiger partial charge in [0.25, 0.3) is 0 Å². The zero-order valence-corrected chi connectivity index (χ0v) is 20.2. The Kier molecular flexibility index (Phi) is 6.77. The Hall–Kier alpha value is -3.21.